The summed E-state index contributed by atoms with van der Waals surface area (Å²) in [6.07, 6.45) is 0.844. The number of methoxy groups -OCH3 is 1. The number of nitrogens with zero attached hydrogens (tertiary/aromatic N) is 2. The van der Waals surface area contributed by atoms with Gasteiger partial charge in [0.25, 0.3) is 11.7 Å². The van der Waals surface area contributed by atoms with Crippen molar-refractivity contribution in [3.8, 4) is 11.5 Å². The van der Waals surface area contributed by atoms with Gasteiger partial charge in [-0.15, -0.1) is 0 Å². The Morgan fingerprint density at radius 2 is 1.82 bits per heavy atom. The number of aliphatic hydroxyl groups excluding tert-OH is 1. The first-order valence-electron chi connectivity index (χ1n) is 10.8. The Labute approximate surface area is 199 Å². The highest BCUT2D eigenvalue weighted by molar-refractivity contribution is 6.46. The van der Waals surface area contributed by atoms with Gasteiger partial charge in [-0.05, 0) is 62.5 Å². The van der Waals surface area contributed by atoms with Gasteiger partial charge in [0.15, 0.2) is 11.5 Å². The second-order valence-corrected chi connectivity index (χ2v) is 8.50. The third-order valence-electron chi connectivity index (χ3n) is 5.41. The molecule has 1 N–H and O–H groups in total. The fourth-order valence-corrected chi connectivity index (χ4v) is 3.84. The highest BCUT2D eigenvalue weighted by atomic mass is 35.5. The van der Waals surface area contributed by atoms with E-state index in [1.54, 1.807) is 42.5 Å². The molecule has 33 heavy (non-hydrogen) atoms. The minimum absolute atomic E-state index is 0.0327. The zero-order chi connectivity index (χ0) is 24.1. The summed E-state index contributed by atoms with van der Waals surface area (Å²) in [5, 5.41) is 11.6. The van der Waals surface area contributed by atoms with E-state index < -0.39 is 17.7 Å². The maximum atomic E-state index is 13.1. The van der Waals surface area contributed by atoms with Crippen LogP contribution in [-0.4, -0.2) is 67.5 Å². The minimum atomic E-state index is -0.769. The lowest BCUT2D eigenvalue weighted by Gasteiger charge is -2.27. The summed E-state index contributed by atoms with van der Waals surface area (Å²) < 4.78 is 11.3. The minimum Gasteiger partial charge on any atom is -0.507 e. The lowest BCUT2D eigenvalue weighted by Crippen LogP contribution is -2.35. The molecule has 1 heterocycles. The summed E-state index contributed by atoms with van der Waals surface area (Å²) in [5.41, 5.74) is 1.08. The van der Waals surface area contributed by atoms with Crippen LogP contribution in [0.15, 0.2) is 48.0 Å². The predicted octanol–water partition coefficient (Wildman–Crippen LogP) is 4.12. The number of carbonyl (C=O) groups is 2. The molecule has 2 aromatic rings. The molecule has 1 atom stereocenters. The van der Waals surface area contributed by atoms with Gasteiger partial charge in [0.2, 0.25) is 0 Å². The fraction of sp³-hybridized carbons (Fsp3) is 0.360. The Bertz CT molecular complexity index is 1050. The molecule has 1 aliphatic rings. The molecule has 1 unspecified atom stereocenters. The van der Waals surface area contributed by atoms with E-state index in [0.717, 1.165) is 6.42 Å². The molecule has 7 nitrogen and oxygen atoms in total. The number of aliphatic hydroxyl groups is 1. The SMILES string of the molecule is CCCOc1ccc(C2/C(=C(/O)c3ccc(Cl)cc3)C(=O)C(=O)N2CCN(C)C)cc1OC. The molecule has 1 aliphatic heterocycles. The summed E-state index contributed by atoms with van der Waals surface area (Å²) in [5.74, 6) is -0.552. The molecule has 0 radical (unpaired) electrons. The van der Waals surface area contributed by atoms with Crippen LogP contribution in [0.4, 0.5) is 0 Å². The van der Waals surface area contributed by atoms with Crippen LogP contribution in [0.2, 0.25) is 5.02 Å². The van der Waals surface area contributed by atoms with Gasteiger partial charge in [0, 0.05) is 23.7 Å². The molecule has 3 rings (SSSR count). The molecular weight excluding hydrogens is 444 g/mol. The highest BCUT2D eigenvalue weighted by Crippen LogP contribution is 2.42. The number of halogens is 1. The number of benzene rings is 2. The number of ketones is 1. The highest BCUT2D eigenvalue weighted by Gasteiger charge is 2.46. The van der Waals surface area contributed by atoms with E-state index in [2.05, 4.69) is 0 Å². The van der Waals surface area contributed by atoms with Gasteiger partial charge in [0.05, 0.1) is 25.3 Å². The summed E-state index contributed by atoms with van der Waals surface area (Å²) in [4.78, 5) is 29.5. The summed E-state index contributed by atoms with van der Waals surface area (Å²) in [6.45, 7) is 3.42. The van der Waals surface area contributed by atoms with E-state index in [0.29, 0.717) is 47.3 Å². The molecule has 176 valence electrons. The Morgan fingerprint density at radius 1 is 1.12 bits per heavy atom. The number of rotatable bonds is 9. The number of likely N-dealkylation sites (N-methyl/N-ethyl adjacent to an activating group) is 1. The molecule has 0 saturated carbocycles. The van der Waals surface area contributed by atoms with E-state index in [-0.39, 0.29) is 11.3 Å². The quantitative estimate of drug-likeness (QED) is 0.336. The summed E-state index contributed by atoms with van der Waals surface area (Å²) in [6, 6.07) is 11.0. The molecule has 0 aromatic heterocycles. The summed E-state index contributed by atoms with van der Waals surface area (Å²) in [7, 11) is 5.32. The van der Waals surface area contributed by atoms with Crippen molar-refractivity contribution in [1.82, 2.24) is 9.80 Å². The molecule has 2 aromatic carbocycles. The van der Waals surface area contributed by atoms with Gasteiger partial charge in [-0.2, -0.15) is 0 Å². The Kier molecular flexibility index (Phi) is 8.00. The number of likely N-dealkylation sites (tertiary alicyclic amines) is 1. The number of carbonyl (C=O) groups excluding carboxylic acids is 2. The molecule has 1 fully saturated rings. The van der Waals surface area contributed by atoms with Crippen molar-refractivity contribution in [3.05, 3.63) is 64.2 Å². The topological polar surface area (TPSA) is 79.3 Å². The van der Waals surface area contributed by atoms with Crippen LogP contribution in [0.1, 0.15) is 30.5 Å². The average molecular weight is 473 g/mol. The molecule has 0 bridgehead atoms. The van der Waals surface area contributed by atoms with Crippen LogP contribution < -0.4 is 9.47 Å². The predicted molar refractivity (Wildman–Crippen MR) is 128 cm³/mol. The van der Waals surface area contributed by atoms with Crippen LogP contribution >= 0.6 is 11.6 Å². The normalized spacial score (nSPS) is 17.6. The average Bonchev–Trinajstić information content (AvgIpc) is 3.06. The third kappa shape index (κ3) is 5.31. The number of ether oxygens (including phenoxy) is 2. The van der Waals surface area contributed by atoms with Crippen LogP contribution in [0.5, 0.6) is 11.5 Å². The molecule has 0 aliphatic carbocycles. The third-order valence-corrected chi connectivity index (χ3v) is 5.66. The monoisotopic (exact) mass is 472 g/mol. The van der Waals surface area contributed by atoms with Crippen molar-refractivity contribution >= 4 is 29.1 Å². The second kappa shape index (κ2) is 10.7. The van der Waals surface area contributed by atoms with Crippen LogP contribution in [-0.2, 0) is 9.59 Å². The van der Waals surface area contributed by atoms with Crippen molar-refractivity contribution < 1.29 is 24.2 Å². The van der Waals surface area contributed by atoms with Crippen molar-refractivity contribution in [1.29, 1.82) is 0 Å². The maximum absolute atomic E-state index is 13.1. The second-order valence-electron chi connectivity index (χ2n) is 8.06. The van der Waals surface area contributed by atoms with Crippen molar-refractivity contribution in [2.24, 2.45) is 0 Å². The zero-order valence-electron chi connectivity index (χ0n) is 19.3. The van der Waals surface area contributed by atoms with E-state index in [4.69, 9.17) is 21.1 Å². The number of hydrogen-bond acceptors (Lipinski definition) is 6. The molecule has 1 amide bonds. The smallest absolute Gasteiger partial charge is 0.295 e. The first-order chi connectivity index (χ1) is 15.8. The Hall–Kier alpha value is -3.03. The van der Waals surface area contributed by atoms with Crippen molar-refractivity contribution in [2.75, 3.05) is 40.9 Å². The van der Waals surface area contributed by atoms with Gasteiger partial charge in [0.1, 0.15) is 5.76 Å². The molecule has 8 heteroatoms. The largest absolute Gasteiger partial charge is 0.507 e. The van der Waals surface area contributed by atoms with Crippen LogP contribution in [0.25, 0.3) is 5.76 Å². The standard InChI is InChI=1S/C25H29ClN2O5/c1-5-14-33-19-11-8-17(15-20(19)32-4)22-21(23(29)16-6-9-18(26)10-7-16)24(30)25(31)28(22)13-12-27(2)3/h6-11,15,22,29H,5,12-14H2,1-4H3/b23-21-. The lowest BCUT2D eigenvalue weighted by molar-refractivity contribution is -0.140. The van der Waals surface area contributed by atoms with Gasteiger partial charge in [-0.1, -0.05) is 24.6 Å². The molecule has 1 saturated heterocycles. The van der Waals surface area contributed by atoms with Gasteiger partial charge >= 0.3 is 0 Å². The van der Waals surface area contributed by atoms with E-state index in [1.165, 1.54) is 12.0 Å². The number of hydrogen-bond donors (Lipinski definition) is 1. The van der Waals surface area contributed by atoms with Gasteiger partial charge in [-0.25, -0.2) is 0 Å². The van der Waals surface area contributed by atoms with Crippen molar-refractivity contribution in [3.63, 3.8) is 0 Å². The fourth-order valence-electron chi connectivity index (χ4n) is 3.71. The molecule has 0 spiro atoms. The van der Waals surface area contributed by atoms with Crippen LogP contribution in [0.3, 0.4) is 0 Å². The number of Topliss-reactive ketones (excluding diaryl/α,β-unsaturated/α-hetero) is 1. The summed E-state index contributed by atoms with van der Waals surface area (Å²) >= 11 is 5.97. The first-order valence-corrected chi connectivity index (χ1v) is 11.2. The lowest BCUT2D eigenvalue weighted by atomic mass is 9.95. The van der Waals surface area contributed by atoms with E-state index in [9.17, 15) is 14.7 Å². The van der Waals surface area contributed by atoms with Gasteiger partial charge in [-0.3, -0.25) is 9.59 Å². The maximum Gasteiger partial charge on any atom is 0.295 e. The van der Waals surface area contributed by atoms with E-state index in [1.807, 2.05) is 25.9 Å². The van der Waals surface area contributed by atoms with Crippen molar-refractivity contribution in [2.45, 2.75) is 19.4 Å². The van der Waals surface area contributed by atoms with E-state index >= 15 is 0 Å². The molecular formula is C25H29ClN2O5. The van der Waals surface area contributed by atoms with Crippen LogP contribution in [0, 0.1) is 0 Å². The first kappa shape index (κ1) is 24.6. The number of amides is 1. The zero-order valence-corrected chi connectivity index (χ0v) is 20.1. The Morgan fingerprint density at radius 3 is 2.42 bits per heavy atom. The Balaban J connectivity index is 2.14. The van der Waals surface area contributed by atoms with Gasteiger partial charge < -0.3 is 24.4 Å².